The number of aromatic nitrogens is 7. The van der Waals surface area contributed by atoms with Crippen LogP contribution >= 0.6 is 0 Å². The van der Waals surface area contributed by atoms with Crippen LogP contribution < -0.4 is 5.73 Å². The number of unbranched alkanes of at least 4 members (excludes halogenated alkanes) is 2. The fourth-order valence-corrected chi connectivity index (χ4v) is 3.68. The Morgan fingerprint density at radius 1 is 1.17 bits per heavy atom. The van der Waals surface area contributed by atoms with Gasteiger partial charge in [0.15, 0.2) is 5.82 Å². The average Bonchev–Trinajstić information content (AvgIpc) is 3.38. The molecule has 0 aromatic carbocycles. The van der Waals surface area contributed by atoms with Gasteiger partial charge in [-0.05, 0) is 25.5 Å². The van der Waals surface area contributed by atoms with Gasteiger partial charge in [0.25, 0.3) is 5.91 Å². The predicted octanol–water partition coefficient (Wildman–Crippen LogP) is 2.83. The van der Waals surface area contributed by atoms with Crippen LogP contribution in [0.3, 0.4) is 0 Å². The summed E-state index contributed by atoms with van der Waals surface area (Å²) in [6.45, 7) is 5.03. The van der Waals surface area contributed by atoms with Crippen LogP contribution in [0.15, 0.2) is 24.5 Å². The van der Waals surface area contributed by atoms with Crippen molar-refractivity contribution in [1.29, 1.82) is 0 Å². The number of nitrogens with two attached hydrogens (primary N) is 1. The molecule has 0 unspecified atom stereocenters. The van der Waals surface area contributed by atoms with Crippen LogP contribution in [-0.2, 0) is 20.6 Å². The van der Waals surface area contributed by atoms with Crippen LogP contribution in [0.5, 0.6) is 0 Å². The minimum absolute atomic E-state index is 0.186. The molecule has 9 heteroatoms. The van der Waals surface area contributed by atoms with Crippen LogP contribution in [0, 0.1) is 6.92 Å². The number of nitrogens with zero attached hydrogens (tertiary/aromatic N) is 7. The summed E-state index contributed by atoms with van der Waals surface area (Å²) in [7, 11) is 3.73. The molecular weight excluding hydrogens is 380 g/mol. The van der Waals surface area contributed by atoms with Crippen molar-refractivity contribution in [3.63, 3.8) is 0 Å². The standard InChI is InChI=1S/C21H26N8O/c1-5-6-7-8-29-18(9-13(2)26-29)16-12-27(3)21(25-16)19-14-11-23-28(4)17(14)10-15(24-19)20(22)30/h9-12H,5-8H2,1-4H3,(H2,22,30). The van der Waals surface area contributed by atoms with E-state index in [0.29, 0.717) is 11.5 Å². The second-order valence-corrected chi connectivity index (χ2v) is 7.58. The van der Waals surface area contributed by atoms with E-state index >= 15 is 0 Å². The van der Waals surface area contributed by atoms with Gasteiger partial charge in [0.05, 0.1) is 23.1 Å². The van der Waals surface area contributed by atoms with Gasteiger partial charge in [-0.3, -0.25) is 14.2 Å². The average molecular weight is 406 g/mol. The van der Waals surface area contributed by atoms with Gasteiger partial charge in [-0.25, -0.2) is 9.97 Å². The lowest BCUT2D eigenvalue weighted by atomic mass is 10.2. The predicted molar refractivity (Wildman–Crippen MR) is 115 cm³/mol. The molecule has 0 saturated carbocycles. The minimum Gasteiger partial charge on any atom is -0.364 e. The van der Waals surface area contributed by atoms with E-state index in [2.05, 4.69) is 22.1 Å². The quantitative estimate of drug-likeness (QED) is 0.475. The highest BCUT2D eigenvalue weighted by Gasteiger charge is 2.20. The van der Waals surface area contributed by atoms with E-state index in [1.165, 1.54) is 0 Å². The summed E-state index contributed by atoms with van der Waals surface area (Å²) < 4.78 is 5.63. The lowest BCUT2D eigenvalue weighted by Gasteiger charge is -2.06. The fourth-order valence-electron chi connectivity index (χ4n) is 3.68. The molecule has 4 rings (SSSR count). The number of hydrogen-bond donors (Lipinski definition) is 1. The molecule has 4 heterocycles. The number of rotatable bonds is 7. The van der Waals surface area contributed by atoms with Crippen LogP contribution in [-0.4, -0.2) is 40.0 Å². The summed E-state index contributed by atoms with van der Waals surface area (Å²) in [5.41, 5.74) is 9.80. The molecule has 0 spiro atoms. The van der Waals surface area contributed by atoms with Gasteiger partial charge in [-0.1, -0.05) is 19.8 Å². The minimum atomic E-state index is -0.585. The molecular formula is C21H26N8O. The summed E-state index contributed by atoms with van der Waals surface area (Å²) in [6.07, 6.45) is 7.09. The fraction of sp³-hybridized carbons (Fsp3) is 0.381. The third-order valence-electron chi connectivity index (χ3n) is 5.22. The van der Waals surface area contributed by atoms with Crippen LogP contribution in [0.25, 0.3) is 33.8 Å². The largest absolute Gasteiger partial charge is 0.364 e. The zero-order valence-corrected chi connectivity index (χ0v) is 17.8. The summed E-state index contributed by atoms with van der Waals surface area (Å²) in [5.74, 6) is 0.0588. The van der Waals surface area contributed by atoms with Crippen molar-refractivity contribution in [2.24, 2.45) is 19.8 Å². The molecule has 2 N–H and O–H groups in total. The molecule has 0 saturated heterocycles. The zero-order valence-electron chi connectivity index (χ0n) is 17.8. The van der Waals surface area contributed by atoms with Crippen molar-refractivity contribution in [3.05, 3.63) is 35.9 Å². The Morgan fingerprint density at radius 3 is 2.70 bits per heavy atom. The second kappa shape index (κ2) is 7.74. The Hall–Kier alpha value is -3.49. The number of aryl methyl sites for hydroxylation is 4. The van der Waals surface area contributed by atoms with Gasteiger partial charge in [0.1, 0.15) is 17.1 Å². The molecule has 0 aliphatic heterocycles. The summed E-state index contributed by atoms with van der Waals surface area (Å²) in [6, 6.07) is 3.70. The Morgan fingerprint density at radius 2 is 1.97 bits per heavy atom. The highest BCUT2D eigenvalue weighted by molar-refractivity contribution is 5.99. The molecule has 4 aromatic rings. The molecule has 9 nitrogen and oxygen atoms in total. The molecule has 30 heavy (non-hydrogen) atoms. The molecule has 0 aliphatic rings. The Kier molecular flexibility index (Phi) is 5.11. The Balaban J connectivity index is 1.82. The maximum absolute atomic E-state index is 11.8. The number of pyridine rings is 1. The third kappa shape index (κ3) is 3.47. The smallest absolute Gasteiger partial charge is 0.267 e. The van der Waals surface area contributed by atoms with E-state index in [1.807, 2.05) is 42.5 Å². The van der Waals surface area contributed by atoms with E-state index in [4.69, 9.17) is 10.7 Å². The third-order valence-corrected chi connectivity index (χ3v) is 5.22. The SMILES string of the molecule is CCCCCn1nc(C)cc1-c1cn(C)c(-c2nc(C(N)=O)cc3c2cnn3C)n1. The van der Waals surface area contributed by atoms with E-state index in [0.717, 1.165) is 53.8 Å². The highest BCUT2D eigenvalue weighted by atomic mass is 16.1. The van der Waals surface area contributed by atoms with Crippen molar-refractivity contribution in [3.8, 4) is 22.9 Å². The number of primary amides is 1. The van der Waals surface area contributed by atoms with Gasteiger partial charge in [-0.15, -0.1) is 0 Å². The summed E-state index contributed by atoms with van der Waals surface area (Å²) in [4.78, 5) is 21.2. The summed E-state index contributed by atoms with van der Waals surface area (Å²) >= 11 is 0. The topological polar surface area (TPSA) is 109 Å². The van der Waals surface area contributed by atoms with Crippen LogP contribution in [0.1, 0.15) is 42.4 Å². The van der Waals surface area contributed by atoms with Crippen molar-refractivity contribution in [2.45, 2.75) is 39.7 Å². The van der Waals surface area contributed by atoms with Crippen LogP contribution in [0.4, 0.5) is 0 Å². The summed E-state index contributed by atoms with van der Waals surface area (Å²) in [5, 5.41) is 9.76. The molecule has 4 aromatic heterocycles. The van der Waals surface area contributed by atoms with E-state index in [1.54, 1.807) is 16.9 Å². The maximum atomic E-state index is 11.8. The first-order valence-electron chi connectivity index (χ1n) is 10.1. The van der Waals surface area contributed by atoms with Gasteiger partial charge >= 0.3 is 0 Å². The second-order valence-electron chi connectivity index (χ2n) is 7.58. The van der Waals surface area contributed by atoms with Crippen molar-refractivity contribution in [1.82, 2.24) is 34.1 Å². The van der Waals surface area contributed by atoms with Gasteiger partial charge in [0.2, 0.25) is 0 Å². The first kappa shape index (κ1) is 19.8. The van der Waals surface area contributed by atoms with E-state index < -0.39 is 5.91 Å². The molecule has 0 aliphatic carbocycles. The lowest BCUT2D eigenvalue weighted by molar-refractivity contribution is 0.0996. The van der Waals surface area contributed by atoms with Crippen LogP contribution in [0.2, 0.25) is 0 Å². The monoisotopic (exact) mass is 406 g/mol. The van der Waals surface area contributed by atoms with Crippen molar-refractivity contribution >= 4 is 16.8 Å². The molecule has 1 amide bonds. The molecule has 0 bridgehead atoms. The first-order chi connectivity index (χ1) is 14.4. The number of fused-ring (bicyclic) bond motifs is 1. The van der Waals surface area contributed by atoms with Crippen molar-refractivity contribution in [2.75, 3.05) is 0 Å². The van der Waals surface area contributed by atoms with E-state index in [-0.39, 0.29) is 5.69 Å². The van der Waals surface area contributed by atoms with Crippen molar-refractivity contribution < 1.29 is 4.79 Å². The molecule has 156 valence electrons. The van der Waals surface area contributed by atoms with Gasteiger partial charge in [-0.2, -0.15) is 10.2 Å². The van der Waals surface area contributed by atoms with Gasteiger partial charge in [0, 0.05) is 32.2 Å². The zero-order chi connectivity index (χ0) is 21.4. The number of amides is 1. The molecule has 0 atom stereocenters. The number of carbonyl (C=O) groups is 1. The van der Waals surface area contributed by atoms with Gasteiger partial charge < -0.3 is 10.3 Å². The first-order valence-corrected chi connectivity index (χ1v) is 10.1. The highest BCUT2D eigenvalue weighted by Crippen LogP contribution is 2.29. The number of carbonyl (C=O) groups excluding carboxylic acids is 1. The normalized spacial score (nSPS) is 11.5. The Labute approximate surface area is 174 Å². The molecule has 0 fully saturated rings. The Bertz CT molecular complexity index is 1230. The molecule has 0 radical (unpaired) electrons. The lowest BCUT2D eigenvalue weighted by Crippen LogP contribution is -2.14. The van der Waals surface area contributed by atoms with E-state index in [9.17, 15) is 4.79 Å². The maximum Gasteiger partial charge on any atom is 0.267 e. The number of imidazole rings is 1. The number of hydrogen-bond acceptors (Lipinski definition) is 5.